The van der Waals surface area contributed by atoms with Crippen LogP contribution in [0.5, 0.6) is 0 Å². The molecule has 0 bridgehead atoms. The molecular formula is C12H15N3. The van der Waals surface area contributed by atoms with Gasteiger partial charge in [-0.05, 0) is 29.5 Å². The first kappa shape index (κ1) is 8.92. The second-order valence-electron chi connectivity index (χ2n) is 5.13. The molecule has 0 amide bonds. The van der Waals surface area contributed by atoms with Crippen LogP contribution in [0.3, 0.4) is 0 Å². The molecule has 1 atom stereocenters. The Morgan fingerprint density at radius 3 is 2.87 bits per heavy atom. The first-order valence-corrected chi connectivity index (χ1v) is 5.26. The molecule has 78 valence electrons. The first-order chi connectivity index (χ1) is 7.05. The molecule has 15 heavy (non-hydrogen) atoms. The number of fused-ring (bicyclic) bond motifs is 1. The molecule has 0 aliphatic heterocycles. The van der Waals surface area contributed by atoms with Crippen LogP contribution in [0.15, 0.2) is 24.5 Å². The summed E-state index contributed by atoms with van der Waals surface area (Å²) in [6, 6.07) is 4.04. The van der Waals surface area contributed by atoms with Gasteiger partial charge in [-0.2, -0.15) is 0 Å². The van der Waals surface area contributed by atoms with Gasteiger partial charge in [-0.1, -0.05) is 13.8 Å². The Morgan fingerprint density at radius 2 is 2.20 bits per heavy atom. The Morgan fingerprint density at radius 1 is 1.47 bits per heavy atom. The molecule has 1 aliphatic rings. The fourth-order valence-electron chi connectivity index (χ4n) is 2.44. The van der Waals surface area contributed by atoms with E-state index < -0.39 is 0 Å². The minimum Gasteiger partial charge on any atom is -0.346 e. The number of nitrogens with one attached hydrogen (secondary N) is 1. The average molecular weight is 201 g/mol. The molecule has 2 heterocycles. The van der Waals surface area contributed by atoms with Gasteiger partial charge in [0.1, 0.15) is 5.65 Å². The second-order valence-corrected chi connectivity index (χ2v) is 5.13. The quantitative estimate of drug-likeness (QED) is 0.742. The first-order valence-electron chi connectivity index (χ1n) is 5.26. The van der Waals surface area contributed by atoms with Crippen LogP contribution >= 0.6 is 0 Å². The number of rotatable bonds is 1. The van der Waals surface area contributed by atoms with Gasteiger partial charge in [-0.3, -0.25) is 0 Å². The lowest BCUT2D eigenvalue weighted by Crippen LogP contribution is -2.25. The van der Waals surface area contributed by atoms with E-state index in [1.807, 2.05) is 12.3 Å². The van der Waals surface area contributed by atoms with E-state index in [0.717, 1.165) is 17.5 Å². The lowest BCUT2D eigenvalue weighted by atomic mass is 9.97. The van der Waals surface area contributed by atoms with Gasteiger partial charge in [0.15, 0.2) is 0 Å². The fourth-order valence-corrected chi connectivity index (χ4v) is 2.44. The molecule has 0 radical (unpaired) electrons. The number of pyridine rings is 1. The minimum atomic E-state index is -0.172. The van der Waals surface area contributed by atoms with E-state index in [1.165, 1.54) is 5.56 Å². The van der Waals surface area contributed by atoms with Gasteiger partial charge in [-0.25, -0.2) is 4.98 Å². The Hall–Kier alpha value is -1.35. The summed E-state index contributed by atoms with van der Waals surface area (Å²) >= 11 is 0. The molecule has 0 aromatic carbocycles. The van der Waals surface area contributed by atoms with Crippen LogP contribution in [0.4, 0.5) is 0 Å². The molecule has 1 fully saturated rings. The van der Waals surface area contributed by atoms with Crippen molar-refractivity contribution in [3.05, 3.63) is 30.1 Å². The molecule has 1 saturated carbocycles. The highest BCUT2D eigenvalue weighted by atomic mass is 14.9. The number of H-pyrrole nitrogens is 1. The van der Waals surface area contributed by atoms with Crippen LogP contribution in [0, 0.1) is 5.41 Å². The number of hydrogen-bond donors (Lipinski definition) is 2. The van der Waals surface area contributed by atoms with Crippen LogP contribution in [0.1, 0.15) is 25.8 Å². The number of aromatic nitrogens is 2. The average Bonchev–Trinajstić information content (AvgIpc) is 2.61. The molecular weight excluding hydrogens is 186 g/mol. The van der Waals surface area contributed by atoms with Crippen molar-refractivity contribution < 1.29 is 0 Å². The Balaban J connectivity index is 2.21. The number of nitrogens with zero attached hydrogens (tertiary/aromatic N) is 1. The minimum absolute atomic E-state index is 0.172. The van der Waals surface area contributed by atoms with Crippen molar-refractivity contribution >= 4 is 11.0 Å². The van der Waals surface area contributed by atoms with Gasteiger partial charge in [0.2, 0.25) is 0 Å². The zero-order chi connectivity index (χ0) is 10.7. The van der Waals surface area contributed by atoms with Crippen LogP contribution in [0.25, 0.3) is 11.0 Å². The summed E-state index contributed by atoms with van der Waals surface area (Å²) < 4.78 is 0. The number of aromatic amines is 1. The highest BCUT2D eigenvalue weighted by Crippen LogP contribution is 2.61. The van der Waals surface area contributed by atoms with E-state index >= 15 is 0 Å². The van der Waals surface area contributed by atoms with E-state index in [-0.39, 0.29) is 11.0 Å². The van der Waals surface area contributed by atoms with Crippen LogP contribution in [0.2, 0.25) is 0 Å². The van der Waals surface area contributed by atoms with E-state index in [1.54, 1.807) is 6.20 Å². The van der Waals surface area contributed by atoms with E-state index in [9.17, 15) is 0 Å². The highest BCUT2D eigenvalue weighted by molar-refractivity contribution is 5.81. The summed E-state index contributed by atoms with van der Waals surface area (Å²) in [7, 11) is 0. The number of hydrogen-bond acceptors (Lipinski definition) is 2. The molecule has 0 saturated heterocycles. The lowest BCUT2D eigenvalue weighted by Gasteiger charge is -2.13. The Bertz CT molecular complexity index is 526. The summed E-state index contributed by atoms with van der Waals surface area (Å²) in [6.45, 7) is 4.42. The van der Waals surface area contributed by atoms with Crippen LogP contribution in [-0.2, 0) is 5.54 Å². The predicted octanol–water partition coefficient (Wildman–Crippen LogP) is 2.15. The van der Waals surface area contributed by atoms with Crippen molar-refractivity contribution in [3.8, 4) is 0 Å². The normalized spacial score (nSPS) is 28.2. The van der Waals surface area contributed by atoms with E-state index in [4.69, 9.17) is 5.73 Å². The van der Waals surface area contributed by atoms with Crippen molar-refractivity contribution in [2.75, 3.05) is 0 Å². The molecule has 2 aromatic heterocycles. The Labute approximate surface area is 88.7 Å². The largest absolute Gasteiger partial charge is 0.346 e. The zero-order valence-electron chi connectivity index (χ0n) is 9.04. The van der Waals surface area contributed by atoms with Gasteiger partial charge >= 0.3 is 0 Å². The van der Waals surface area contributed by atoms with Gasteiger partial charge in [0.25, 0.3) is 0 Å². The molecule has 0 spiro atoms. The Kier molecular flexibility index (Phi) is 1.44. The standard InChI is InChI=1S/C12H15N3/c1-11(2)7-12(11,13)9-6-15-10-8(9)4-3-5-14-10/h3-6H,7,13H2,1-2H3,(H,14,15). The third kappa shape index (κ3) is 1.01. The maximum Gasteiger partial charge on any atom is 0.137 e. The number of nitrogens with two attached hydrogens (primary N) is 1. The summed E-state index contributed by atoms with van der Waals surface area (Å²) in [5, 5.41) is 1.16. The molecule has 3 nitrogen and oxygen atoms in total. The summed E-state index contributed by atoms with van der Waals surface area (Å²) in [5.41, 5.74) is 8.58. The maximum absolute atomic E-state index is 6.41. The van der Waals surface area contributed by atoms with E-state index in [2.05, 4.69) is 29.9 Å². The molecule has 3 N–H and O–H groups in total. The SMILES string of the molecule is CC1(C)CC1(N)c1c[nH]c2ncccc12. The predicted molar refractivity (Wildman–Crippen MR) is 60.4 cm³/mol. The highest BCUT2D eigenvalue weighted by Gasteiger charge is 2.60. The van der Waals surface area contributed by atoms with Gasteiger partial charge in [0.05, 0.1) is 0 Å². The van der Waals surface area contributed by atoms with Crippen molar-refractivity contribution in [3.63, 3.8) is 0 Å². The maximum atomic E-state index is 6.41. The molecule has 2 aromatic rings. The van der Waals surface area contributed by atoms with Gasteiger partial charge in [0, 0.05) is 23.3 Å². The fraction of sp³-hybridized carbons (Fsp3) is 0.417. The van der Waals surface area contributed by atoms with Crippen LogP contribution in [-0.4, -0.2) is 9.97 Å². The molecule has 1 aliphatic carbocycles. The van der Waals surface area contributed by atoms with Gasteiger partial charge < -0.3 is 10.7 Å². The smallest absolute Gasteiger partial charge is 0.137 e. The summed E-state index contributed by atoms with van der Waals surface area (Å²) in [4.78, 5) is 7.46. The van der Waals surface area contributed by atoms with Gasteiger partial charge in [-0.15, -0.1) is 0 Å². The lowest BCUT2D eigenvalue weighted by molar-refractivity contribution is 0.512. The van der Waals surface area contributed by atoms with Crippen molar-refractivity contribution in [1.29, 1.82) is 0 Å². The monoisotopic (exact) mass is 201 g/mol. The zero-order valence-corrected chi connectivity index (χ0v) is 9.04. The van der Waals surface area contributed by atoms with Crippen molar-refractivity contribution in [2.45, 2.75) is 25.8 Å². The third-order valence-electron chi connectivity index (χ3n) is 3.74. The summed E-state index contributed by atoms with van der Waals surface area (Å²) in [6.07, 6.45) is 4.85. The van der Waals surface area contributed by atoms with Crippen molar-refractivity contribution in [2.24, 2.45) is 11.1 Å². The molecule has 1 unspecified atom stereocenters. The third-order valence-corrected chi connectivity index (χ3v) is 3.74. The van der Waals surface area contributed by atoms with Crippen molar-refractivity contribution in [1.82, 2.24) is 9.97 Å². The molecule has 3 rings (SSSR count). The topological polar surface area (TPSA) is 54.7 Å². The van der Waals surface area contributed by atoms with Crippen LogP contribution < -0.4 is 5.73 Å². The second kappa shape index (κ2) is 2.42. The molecule has 3 heteroatoms. The van der Waals surface area contributed by atoms with E-state index in [0.29, 0.717) is 0 Å². The summed E-state index contributed by atoms with van der Waals surface area (Å²) in [5.74, 6) is 0.